The third kappa shape index (κ3) is 3.37. The van der Waals surface area contributed by atoms with E-state index < -0.39 is 0 Å². The van der Waals surface area contributed by atoms with E-state index in [0.717, 1.165) is 0 Å². The molecule has 13 rings (SSSR count). The fourth-order valence-electron chi connectivity index (χ4n) is 9.99. The third-order valence-corrected chi connectivity index (χ3v) is 13.2. The van der Waals surface area contributed by atoms with Crippen molar-refractivity contribution in [3.8, 4) is 0 Å². The second-order valence-electron chi connectivity index (χ2n) is 14.5. The van der Waals surface area contributed by atoms with Crippen molar-refractivity contribution in [3.63, 3.8) is 0 Å². The molecule has 6 heteroatoms. The minimum atomic E-state index is 0.0111. The molecule has 5 nitrogen and oxygen atoms in total. The molecule has 4 aliphatic rings. The summed E-state index contributed by atoms with van der Waals surface area (Å²) in [6.07, 6.45) is 9.63. The number of hydrogen-bond donors (Lipinski definition) is 1. The molecule has 7 atom stereocenters. The zero-order valence-electron chi connectivity index (χ0n) is 27.5. The van der Waals surface area contributed by atoms with Gasteiger partial charge in [0.25, 0.3) is 0 Å². The summed E-state index contributed by atoms with van der Waals surface area (Å²) in [5.41, 5.74) is 9.30. The van der Waals surface area contributed by atoms with Crippen molar-refractivity contribution in [2.24, 2.45) is 0 Å². The van der Waals surface area contributed by atoms with Crippen molar-refractivity contribution < 1.29 is 0 Å². The van der Waals surface area contributed by atoms with Crippen LogP contribution in [0.3, 0.4) is 0 Å². The number of nitrogens with zero attached hydrogens (tertiary/aromatic N) is 4. The van der Waals surface area contributed by atoms with Crippen LogP contribution in [0.2, 0.25) is 0 Å². The molecule has 1 N–H and O–H groups in total. The van der Waals surface area contributed by atoms with E-state index in [0.29, 0.717) is 0 Å². The third-order valence-electron chi connectivity index (χ3n) is 12.0. The van der Waals surface area contributed by atoms with Crippen molar-refractivity contribution in [1.29, 1.82) is 0 Å². The molecule has 51 heavy (non-hydrogen) atoms. The molecular weight excluding hydrogens is 643 g/mol. The number of thiophene rings is 1. The smallest absolute Gasteiger partial charge is 0.119 e. The summed E-state index contributed by atoms with van der Waals surface area (Å²) in [5, 5.41) is 17.4. The summed E-state index contributed by atoms with van der Waals surface area (Å²) in [7, 11) is 0. The zero-order chi connectivity index (χ0) is 32.9. The molecule has 2 saturated heterocycles. The largest absolute Gasteiger partial charge is 0.330 e. The summed E-state index contributed by atoms with van der Waals surface area (Å²) < 4.78 is 8.07. The first-order valence-electron chi connectivity index (χ1n) is 18.0. The van der Waals surface area contributed by atoms with Gasteiger partial charge in [0.05, 0.1) is 23.1 Å². The standard InChI is InChI=1S/C45H31N5S/c1-3-13-26(14-4-1)43-46-44(50-45(49(43)50)27-15-5-2-6-16-27)32-25-31-29-18-8-10-20-34(29)48-36-22-12-11-21-35(36)47-33-19-9-7-17-28(33)30-23-24-37-38(40(30)47)39(41(31)48)42(32)51-37/h1-25,35-36,43-46H. The van der Waals surface area contributed by atoms with Gasteiger partial charge in [0.2, 0.25) is 0 Å². The summed E-state index contributed by atoms with van der Waals surface area (Å²) in [5.74, 6) is 0. The van der Waals surface area contributed by atoms with Crippen LogP contribution >= 0.6 is 11.3 Å². The van der Waals surface area contributed by atoms with Gasteiger partial charge in [-0.3, -0.25) is 5.32 Å². The van der Waals surface area contributed by atoms with Crippen LogP contribution in [0.5, 0.6) is 0 Å². The molecule has 0 amide bonds. The average molecular weight is 674 g/mol. The van der Waals surface area contributed by atoms with Gasteiger partial charge >= 0.3 is 0 Å². The van der Waals surface area contributed by atoms with Gasteiger partial charge in [0.15, 0.2) is 0 Å². The number of hydrazine groups is 1. The normalized spacial score (nSPS) is 26.0. The Morgan fingerprint density at radius 3 is 1.80 bits per heavy atom. The van der Waals surface area contributed by atoms with Crippen molar-refractivity contribution >= 4 is 75.1 Å². The highest BCUT2D eigenvalue weighted by Crippen LogP contribution is 2.60. The summed E-state index contributed by atoms with van der Waals surface area (Å²) in [6.45, 7) is 0. The van der Waals surface area contributed by atoms with E-state index in [1.54, 1.807) is 0 Å². The highest BCUT2D eigenvalue weighted by Gasteiger charge is 2.60. The van der Waals surface area contributed by atoms with E-state index in [-0.39, 0.29) is 30.6 Å². The van der Waals surface area contributed by atoms with Crippen molar-refractivity contribution in [1.82, 2.24) is 24.5 Å². The second kappa shape index (κ2) is 9.63. The molecule has 9 aromatic rings. The minimum absolute atomic E-state index is 0.0111. The van der Waals surface area contributed by atoms with Crippen LogP contribution in [0.25, 0.3) is 63.8 Å². The topological polar surface area (TPSA) is 27.9 Å². The van der Waals surface area contributed by atoms with Gasteiger partial charge in [0, 0.05) is 58.3 Å². The van der Waals surface area contributed by atoms with Crippen LogP contribution in [0.1, 0.15) is 47.3 Å². The van der Waals surface area contributed by atoms with Gasteiger partial charge in [0.1, 0.15) is 18.5 Å². The number of aromatic nitrogens is 2. The monoisotopic (exact) mass is 673 g/mol. The molecular formula is C45H31N5S. The van der Waals surface area contributed by atoms with E-state index in [1.807, 2.05) is 11.3 Å². The van der Waals surface area contributed by atoms with Gasteiger partial charge < -0.3 is 9.13 Å². The molecule has 1 aliphatic carbocycles. The number of fused-ring (bicyclic) bond motifs is 10. The first-order valence-corrected chi connectivity index (χ1v) is 18.8. The van der Waals surface area contributed by atoms with E-state index in [2.05, 4.69) is 176 Å². The SMILES string of the molecule is C1=CC2C(C=C1)n1c3ccccc3c3cc(C4NC(c5ccccc5)N5C(c6ccccc6)N45)c4sc5ccc6c7ccccc7n2c6c5c4c31. The molecule has 6 heterocycles. The minimum Gasteiger partial charge on any atom is -0.330 e. The zero-order valence-corrected chi connectivity index (χ0v) is 28.3. The van der Waals surface area contributed by atoms with E-state index in [9.17, 15) is 0 Å². The second-order valence-corrected chi connectivity index (χ2v) is 15.5. The van der Waals surface area contributed by atoms with E-state index in [4.69, 9.17) is 0 Å². The molecule has 7 unspecified atom stereocenters. The molecule has 242 valence electrons. The number of nitrogens with one attached hydrogen (secondary N) is 1. The van der Waals surface area contributed by atoms with Crippen LogP contribution in [0.4, 0.5) is 0 Å². The fourth-order valence-corrected chi connectivity index (χ4v) is 11.2. The molecule has 3 aromatic heterocycles. The average Bonchev–Trinajstić information content (AvgIpc) is 3.47. The maximum Gasteiger partial charge on any atom is 0.119 e. The fraction of sp³-hybridized carbons (Fsp3) is 0.111. The van der Waals surface area contributed by atoms with Crippen LogP contribution in [-0.2, 0) is 0 Å². The van der Waals surface area contributed by atoms with Gasteiger partial charge in [-0.25, -0.2) is 0 Å². The number of rotatable bonds is 3. The summed E-state index contributed by atoms with van der Waals surface area (Å²) >= 11 is 1.97. The van der Waals surface area contributed by atoms with Crippen molar-refractivity contribution in [3.05, 3.63) is 168 Å². The van der Waals surface area contributed by atoms with Crippen molar-refractivity contribution in [2.45, 2.75) is 30.6 Å². The van der Waals surface area contributed by atoms with Gasteiger partial charge in [-0.1, -0.05) is 127 Å². The molecule has 3 aliphatic heterocycles. The van der Waals surface area contributed by atoms with Gasteiger partial charge in [-0.05, 0) is 35.4 Å². The number of benzene rings is 6. The Balaban J connectivity index is 1.18. The Morgan fingerprint density at radius 1 is 0.510 bits per heavy atom. The number of hydrogen-bond acceptors (Lipinski definition) is 4. The Kier molecular flexibility index (Phi) is 5.15. The summed E-state index contributed by atoms with van der Waals surface area (Å²) in [6, 6.07) is 47.7. The molecule has 0 bridgehead atoms. The van der Waals surface area contributed by atoms with E-state index in [1.165, 1.54) is 80.5 Å². The van der Waals surface area contributed by atoms with E-state index >= 15 is 0 Å². The molecule has 0 spiro atoms. The lowest BCUT2D eigenvalue weighted by Crippen LogP contribution is -2.27. The van der Waals surface area contributed by atoms with Crippen LogP contribution in [0, 0.1) is 0 Å². The lowest BCUT2D eigenvalue weighted by molar-refractivity contribution is 0.315. The highest BCUT2D eigenvalue weighted by molar-refractivity contribution is 7.26. The number of allylic oxidation sites excluding steroid dienone is 4. The first kappa shape index (κ1) is 27.3. The van der Waals surface area contributed by atoms with Gasteiger partial charge in [-0.2, -0.15) is 10.0 Å². The van der Waals surface area contributed by atoms with Crippen LogP contribution in [0.15, 0.2) is 152 Å². The molecule has 0 radical (unpaired) electrons. The van der Waals surface area contributed by atoms with Crippen LogP contribution < -0.4 is 5.32 Å². The Labute approximate surface area is 297 Å². The predicted octanol–water partition coefficient (Wildman–Crippen LogP) is 11.0. The Morgan fingerprint density at radius 2 is 1.10 bits per heavy atom. The lowest BCUT2D eigenvalue weighted by atomic mass is 9.97. The Hall–Kier alpha value is -5.50. The molecule has 6 aromatic carbocycles. The van der Waals surface area contributed by atoms with Gasteiger partial charge in [-0.15, -0.1) is 11.3 Å². The van der Waals surface area contributed by atoms with Crippen LogP contribution in [-0.4, -0.2) is 19.2 Å². The maximum absolute atomic E-state index is 4.13. The highest BCUT2D eigenvalue weighted by atomic mass is 32.1. The summed E-state index contributed by atoms with van der Waals surface area (Å²) in [4.78, 5) is 0. The Bertz CT molecular complexity index is 3000. The van der Waals surface area contributed by atoms with Crippen molar-refractivity contribution in [2.75, 3.05) is 0 Å². The first-order chi connectivity index (χ1) is 25.3. The molecule has 0 saturated carbocycles. The molecule has 2 fully saturated rings. The lowest BCUT2D eigenvalue weighted by Gasteiger charge is -2.31. The quantitative estimate of drug-likeness (QED) is 0.189. The maximum atomic E-state index is 4.13. The predicted molar refractivity (Wildman–Crippen MR) is 210 cm³/mol. The number of para-hydroxylation sites is 2.